The minimum Gasteiger partial charge on any atom is -0.481 e. The van der Waals surface area contributed by atoms with Gasteiger partial charge in [-0.3, -0.25) is 28.8 Å². The molecule has 0 saturated heterocycles. The number of rotatable bonds is 35. The quantitative estimate of drug-likeness (QED) is 0.0134. The smallest absolute Gasteiger partial charge is 0.332 e. The van der Waals surface area contributed by atoms with E-state index in [4.69, 9.17) is 29.5 Å². The molecule has 22 nitrogen and oxygen atoms in total. The Morgan fingerprint density at radius 3 is 0.850 bits per heavy atom. The summed E-state index contributed by atoms with van der Waals surface area (Å²) in [4.78, 5) is 142. The van der Waals surface area contributed by atoms with E-state index in [1.807, 2.05) is 248 Å². The van der Waals surface area contributed by atoms with E-state index in [0.717, 1.165) is 78.5 Å². The first kappa shape index (κ1) is 102. The van der Waals surface area contributed by atoms with Crippen LogP contribution in [0.15, 0.2) is 294 Å². The maximum atomic E-state index is 13.1. The van der Waals surface area contributed by atoms with E-state index in [1.165, 1.54) is 0 Å². The molecule has 0 aliphatic heterocycles. The van der Waals surface area contributed by atoms with Gasteiger partial charge in [-0.15, -0.1) is 0 Å². The maximum Gasteiger partial charge on any atom is 0.332 e. The Balaban J connectivity index is 0.000000633. The average Bonchev–Trinajstić information content (AvgIpc) is 0.801. The molecule has 4 atom stereocenters. The van der Waals surface area contributed by atoms with Gasteiger partial charge in [0, 0.05) is 37.5 Å². The average molecular weight is 1650 g/mol. The number of aliphatic carboxylic acids is 6. The Morgan fingerprint density at radius 1 is 0.333 bits per heavy atom. The SMILES string of the molecule is CC1=C(/C=C/C(C)=C/C=C/C(C)=C/C=C/C=C(C)/C=C/C=C(C)/C=C/C2=C(C)C(=O)C(O)CC2(C)C)C(C)(C)CC(OC(=O)/C=C(/CC(=O)O)C(=O)O)C1.CC1=C(/C=C/C(C)=C/C=C/C(C)=C/C=C/C=C(C)/C=C/C=C(C)/C=C/C2=C(C)C(=O)C(OC(=O)/C=C(/CC(=O)O)C(=O)O)CC2(C)C)C(C)(C)CC(OC(=O)/C=C(/CC(=O)O)C(=O)O)C1=O. The molecule has 4 unspecified atom stereocenters. The van der Waals surface area contributed by atoms with Crippen molar-refractivity contribution in [1.29, 1.82) is 0 Å². The third kappa shape index (κ3) is 35.1. The molecule has 7 N–H and O–H groups in total. The number of carbonyl (C=O) groups excluding carboxylic acids is 6. The van der Waals surface area contributed by atoms with Crippen molar-refractivity contribution < 1.29 is 107 Å². The predicted molar refractivity (Wildman–Crippen MR) is 465 cm³/mol. The van der Waals surface area contributed by atoms with Crippen LogP contribution in [0.2, 0.25) is 0 Å². The van der Waals surface area contributed by atoms with Gasteiger partial charge in [-0.25, -0.2) is 28.8 Å². The van der Waals surface area contributed by atoms with Gasteiger partial charge in [0.05, 0.1) is 36.0 Å². The fourth-order valence-corrected chi connectivity index (χ4v) is 13.7. The third-order valence-electron chi connectivity index (χ3n) is 20.1. The van der Waals surface area contributed by atoms with Crippen LogP contribution >= 0.6 is 0 Å². The molecule has 0 aromatic carbocycles. The number of aliphatic hydroxyl groups excluding tert-OH is 1. The third-order valence-corrected chi connectivity index (χ3v) is 20.1. The fourth-order valence-electron chi connectivity index (χ4n) is 13.7. The number of carboxylic acids is 6. The van der Waals surface area contributed by atoms with Crippen molar-refractivity contribution in [2.45, 2.75) is 214 Å². The first-order valence-corrected chi connectivity index (χ1v) is 39.2. The Kier molecular flexibility index (Phi) is 40.2. The molecule has 0 aromatic heterocycles. The summed E-state index contributed by atoms with van der Waals surface area (Å²) < 4.78 is 16.1. The number of carboxylic acid groups (broad SMARTS) is 6. The van der Waals surface area contributed by atoms with Crippen LogP contribution in [0.4, 0.5) is 0 Å². The van der Waals surface area contributed by atoms with Crippen LogP contribution in [-0.2, 0) is 71.7 Å². The zero-order chi connectivity index (χ0) is 90.9. The lowest BCUT2D eigenvalue weighted by Crippen LogP contribution is -2.38. The van der Waals surface area contributed by atoms with Crippen LogP contribution in [-0.4, -0.2) is 131 Å². The monoisotopic (exact) mass is 1650 g/mol. The molecule has 120 heavy (non-hydrogen) atoms. The van der Waals surface area contributed by atoms with Gasteiger partial charge in [0.1, 0.15) is 12.2 Å². The largest absolute Gasteiger partial charge is 0.481 e. The van der Waals surface area contributed by atoms with Gasteiger partial charge in [0.25, 0.3) is 0 Å². The van der Waals surface area contributed by atoms with E-state index in [0.29, 0.717) is 48.1 Å². The highest BCUT2D eigenvalue weighted by Gasteiger charge is 2.42. The van der Waals surface area contributed by atoms with Crippen LogP contribution in [0.3, 0.4) is 0 Å². The van der Waals surface area contributed by atoms with Crippen molar-refractivity contribution in [3.63, 3.8) is 0 Å². The number of allylic oxidation sites excluding steroid dienone is 40. The lowest BCUT2D eigenvalue weighted by Gasteiger charge is -2.37. The van der Waals surface area contributed by atoms with E-state index in [-0.39, 0.29) is 29.5 Å². The second-order valence-electron chi connectivity index (χ2n) is 32.8. The summed E-state index contributed by atoms with van der Waals surface area (Å²) in [5.41, 5.74) is 10.8. The molecule has 4 aliphatic rings. The van der Waals surface area contributed by atoms with Crippen molar-refractivity contribution in [3.05, 3.63) is 294 Å². The molecule has 0 saturated carbocycles. The van der Waals surface area contributed by atoms with Crippen LogP contribution in [0.1, 0.15) is 190 Å². The molecular formula is C98H118O22. The van der Waals surface area contributed by atoms with Crippen LogP contribution in [0.5, 0.6) is 0 Å². The fraction of sp³-hybridized carbons (Fsp3) is 0.367. The van der Waals surface area contributed by atoms with Gasteiger partial charge in [-0.05, 0) is 157 Å². The van der Waals surface area contributed by atoms with Crippen LogP contribution in [0, 0.1) is 21.7 Å². The summed E-state index contributed by atoms with van der Waals surface area (Å²) in [6.07, 6.45) is 52.8. The number of Topliss-reactive ketones (excluding diaryl/α,β-unsaturated/α-hetero) is 3. The molecular weight excluding hydrogens is 1530 g/mol. The molecule has 0 fully saturated rings. The van der Waals surface area contributed by atoms with E-state index >= 15 is 0 Å². The molecule has 0 radical (unpaired) electrons. The Morgan fingerprint density at radius 2 is 0.575 bits per heavy atom. The second-order valence-corrected chi connectivity index (χ2v) is 32.8. The summed E-state index contributed by atoms with van der Waals surface area (Å²) in [5.74, 6) is -12.8. The highest BCUT2D eigenvalue weighted by Crippen LogP contribution is 2.45. The normalized spacial score (nSPS) is 21.2. The number of carbonyl (C=O) groups is 12. The number of hydrogen-bond donors (Lipinski definition) is 7. The maximum absolute atomic E-state index is 13.1. The molecule has 4 aliphatic carbocycles. The van der Waals surface area contributed by atoms with Crippen LogP contribution in [0.25, 0.3) is 0 Å². The van der Waals surface area contributed by atoms with E-state index in [2.05, 4.69) is 39.8 Å². The Bertz CT molecular complexity index is 4670. The van der Waals surface area contributed by atoms with Crippen molar-refractivity contribution in [1.82, 2.24) is 0 Å². The van der Waals surface area contributed by atoms with Gasteiger partial charge in [-0.1, -0.05) is 276 Å². The topological polar surface area (TPSA) is 374 Å². The lowest BCUT2D eigenvalue weighted by atomic mass is 9.71. The van der Waals surface area contributed by atoms with Crippen LogP contribution < -0.4 is 0 Å². The van der Waals surface area contributed by atoms with E-state index in [9.17, 15) is 78.0 Å². The van der Waals surface area contributed by atoms with Gasteiger partial charge < -0.3 is 50.0 Å². The number of esters is 3. The van der Waals surface area contributed by atoms with E-state index < -0.39 is 137 Å². The van der Waals surface area contributed by atoms with E-state index in [1.54, 1.807) is 20.8 Å². The highest BCUT2D eigenvalue weighted by atomic mass is 16.6. The first-order valence-electron chi connectivity index (χ1n) is 39.2. The van der Waals surface area contributed by atoms with Crippen molar-refractivity contribution in [2.75, 3.05) is 0 Å². The van der Waals surface area contributed by atoms with Crippen molar-refractivity contribution in [2.24, 2.45) is 21.7 Å². The number of ether oxygens (including phenoxy) is 3. The predicted octanol–water partition coefficient (Wildman–Crippen LogP) is 18.7. The van der Waals surface area contributed by atoms with Gasteiger partial charge in [-0.2, -0.15) is 0 Å². The molecule has 642 valence electrons. The first-order chi connectivity index (χ1) is 55.8. The molecule has 4 rings (SSSR count). The number of aliphatic hydroxyl groups is 1. The zero-order valence-corrected chi connectivity index (χ0v) is 72.6. The highest BCUT2D eigenvalue weighted by molar-refractivity contribution is 6.05. The Hall–Kier alpha value is -12.3. The molecule has 0 amide bonds. The molecule has 0 spiro atoms. The number of ketones is 3. The van der Waals surface area contributed by atoms with Crippen molar-refractivity contribution >= 4 is 71.1 Å². The minimum atomic E-state index is -1.57. The van der Waals surface area contributed by atoms with Gasteiger partial charge in [0.15, 0.2) is 29.6 Å². The molecule has 0 heterocycles. The summed E-state index contributed by atoms with van der Waals surface area (Å²) in [6, 6.07) is 0. The molecule has 0 bridgehead atoms. The minimum absolute atomic E-state index is 0.154. The lowest BCUT2D eigenvalue weighted by molar-refractivity contribution is -0.151. The summed E-state index contributed by atoms with van der Waals surface area (Å²) in [7, 11) is 0. The summed E-state index contributed by atoms with van der Waals surface area (Å²) in [5, 5.41) is 64.4. The standard InChI is InChI=1S/C52H60O14.C46H58O8/c1-31(17-13-19-33(3)21-23-39-35(5)47(59)41(29-51(39,7)8)65-45(57)27-37(49(61)62)25-43(53)54)15-11-12-16-32(2)18-14-20-34(4)22-24-40-36(6)48(60)42(30-52(40,9)10)66-46(58)28-38(50(63)64)26-44(55)56;1-30(15-11-12-16-31(2)18-14-20-33(4)22-24-39-35(6)43(51)40(47)29-46(39,9)10)17-13-19-32(3)21-23-38-34(5)25-37(28-45(38,7)8)54-42(50)27-36(44(52)53)26-41(48)49/h11-24,27-28,41-42H,25-26,29-30H2,1-10H3,(H,53,54)(H,55,56)(H,61,62)(H,63,64);11-24,27,37,40,47H,25-26,28-29H2,1-10H3,(H,48,49)(H,52,53)/b12-11+,17-13+,18-14+,23-21+,24-22+,31-15+,32-16+,33-19+,34-20+,37-27-,38-28-;12-11+,17-13+,18-14+,23-21+,24-22+,30-15+,31-16+,32-19+,33-20+,36-27-. The molecule has 0 aromatic rings. The zero-order valence-electron chi connectivity index (χ0n) is 72.6. The van der Waals surface area contributed by atoms with Crippen molar-refractivity contribution in [3.8, 4) is 0 Å². The summed E-state index contributed by atoms with van der Waals surface area (Å²) in [6.45, 7) is 38.8. The van der Waals surface area contributed by atoms with Gasteiger partial charge in [0.2, 0.25) is 0 Å². The summed E-state index contributed by atoms with van der Waals surface area (Å²) >= 11 is 0. The molecule has 22 heteroatoms. The number of hydrogen-bond acceptors (Lipinski definition) is 16. The second kappa shape index (κ2) is 47.3. The van der Waals surface area contributed by atoms with Gasteiger partial charge >= 0.3 is 53.7 Å². The Labute approximate surface area is 705 Å².